The lowest BCUT2D eigenvalue weighted by atomic mass is 9.56. The first kappa shape index (κ1) is 18.9. The van der Waals surface area contributed by atoms with Crippen molar-refractivity contribution in [3.05, 3.63) is 29.6 Å². The van der Waals surface area contributed by atoms with E-state index in [1.807, 2.05) is 20.8 Å². The fraction of sp³-hybridized carbons (Fsp3) is 0.667. The molecular weight excluding hydrogens is 349 g/mol. The summed E-state index contributed by atoms with van der Waals surface area (Å²) < 4.78 is 43.0. The molecule has 2 heterocycles. The standard InChI is InChI=1S/C18H23F3N2O3/c1-16(2,3)26-15(25)23-9-17(10-23)6-12(7-17)14(24)11-4-5-13(22-8-11)18(19,20)21/h4-5,8,12,14,24H,6-7,9-10H2,1-3H3. The highest BCUT2D eigenvalue weighted by atomic mass is 19.4. The minimum atomic E-state index is -4.49. The monoisotopic (exact) mass is 372 g/mol. The highest BCUT2D eigenvalue weighted by Crippen LogP contribution is 2.55. The van der Waals surface area contributed by atoms with E-state index < -0.39 is 23.6 Å². The summed E-state index contributed by atoms with van der Waals surface area (Å²) in [6, 6.07) is 2.17. The van der Waals surface area contributed by atoms with Crippen LogP contribution in [-0.4, -0.2) is 39.8 Å². The van der Waals surface area contributed by atoms with Gasteiger partial charge in [0.2, 0.25) is 0 Å². The Morgan fingerprint density at radius 2 is 1.92 bits per heavy atom. The van der Waals surface area contributed by atoms with E-state index in [1.165, 1.54) is 6.07 Å². The van der Waals surface area contributed by atoms with Crippen molar-refractivity contribution in [2.45, 2.75) is 51.5 Å². The van der Waals surface area contributed by atoms with Gasteiger partial charge < -0.3 is 14.7 Å². The van der Waals surface area contributed by atoms with Gasteiger partial charge in [0.1, 0.15) is 11.3 Å². The smallest absolute Gasteiger partial charge is 0.433 e. The van der Waals surface area contributed by atoms with Crippen LogP contribution in [-0.2, 0) is 10.9 Å². The van der Waals surface area contributed by atoms with Crippen LogP contribution in [0.3, 0.4) is 0 Å². The summed E-state index contributed by atoms with van der Waals surface area (Å²) in [7, 11) is 0. The van der Waals surface area contributed by atoms with Crippen LogP contribution in [0, 0.1) is 11.3 Å². The first-order chi connectivity index (χ1) is 11.9. The average Bonchev–Trinajstić information content (AvgIpc) is 2.41. The van der Waals surface area contributed by atoms with Crippen LogP contribution in [0.15, 0.2) is 18.3 Å². The van der Waals surface area contributed by atoms with Gasteiger partial charge in [0, 0.05) is 24.7 Å². The molecule has 0 bridgehead atoms. The number of hydrogen-bond donors (Lipinski definition) is 1. The summed E-state index contributed by atoms with van der Waals surface area (Å²) in [6.45, 7) is 6.63. The van der Waals surface area contributed by atoms with Gasteiger partial charge in [-0.25, -0.2) is 4.79 Å². The van der Waals surface area contributed by atoms with Gasteiger partial charge in [0.15, 0.2) is 0 Å². The van der Waals surface area contributed by atoms with Crippen LogP contribution >= 0.6 is 0 Å². The summed E-state index contributed by atoms with van der Waals surface area (Å²) in [5, 5.41) is 10.4. The third-order valence-corrected chi connectivity index (χ3v) is 4.96. The summed E-state index contributed by atoms with van der Waals surface area (Å²) in [5.74, 6) is -0.0330. The van der Waals surface area contributed by atoms with Crippen LogP contribution in [0.2, 0.25) is 0 Å². The molecule has 0 aromatic carbocycles. The Morgan fingerprint density at radius 1 is 1.31 bits per heavy atom. The lowest BCUT2D eigenvalue weighted by Crippen LogP contribution is -2.64. The van der Waals surface area contributed by atoms with Gasteiger partial charge in [-0.3, -0.25) is 4.98 Å². The van der Waals surface area contributed by atoms with Crippen molar-refractivity contribution in [1.29, 1.82) is 0 Å². The number of hydrogen-bond acceptors (Lipinski definition) is 4. The topological polar surface area (TPSA) is 62.7 Å². The summed E-state index contributed by atoms with van der Waals surface area (Å²) in [6.07, 6.45) is -3.11. The Kier molecular flexibility index (Phi) is 4.45. The molecule has 1 amide bonds. The molecule has 1 atom stereocenters. The Labute approximate surface area is 150 Å². The Balaban J connectivity index is 1.50. The van der Waals surface area contributed by atoms with Gasteiger partial charge in [0.05, 0.1) is 6.10 Å². The van der Waals surface area contributed by atoms with Crippen molar-refractivity contribution in [2.24, 2.45) is 11.3 Å². The number of pyridine rings is 1. The highest BCUT2D eigenvalue weighted by Gasteiger charge is 2.56. The summed E-state index contributed by atoms with van der Waals surface area (Å²) in [4.78, 5) is 17.0. The normalized spacial score (nSPS) is 21.1. The molecule has 1 saturated heterocycles. The van der Waals surface area contributed by atoms with Crippen molar-refractivity contribution >= 4 is 6.09 Å². The number of carbonyl (C=O) groups is 1. The molecule has 1 aromatic rings. The second-order valence-electron chi connectivity index (χ2n) is 8.42. The zero-order valence-corrected chi connectivity index (χ0v) is 15.0. The maximum Gasteiger partial charge on any atom is 0.433 e. The van der Waals surface area contributed by atoms with Gasteiger partial charge in [-0.1, -0.05) is 6.07 Å². The van der Waals surface area contributed by atoms with E-state index in [4.69, 9.17) is 4.74 Å². The third kappa shape index (κ3) is 3.79. The second-order valence-corrected chi connectivity index (χ2v) is 8.42. The Hall–Kier alpha value is -1.83. The van der Waals surface area contributed by atoms with Crippen molar-refractivity contribution < 1.29 is 27.8 Å². The molecule has 1 unspecified atom stereocenters. The molecule has 2 aliphatic rings. The van der Waals surface area contributed by atoms with Gasteiger partial charge in [-0.05, 0) is 51.2 Å². The molecule has 144 valence electrons. The van der Waals surface area contributed by atoms with E-state index in [-0.39, 0.29) is 17.4 Å². The van der Waals surface area contributed by atoms with Crippen LogP contribution < -0.4 is 0 Å². The maximum atomic E-state index is 12.5. The zero-order chi connectivity index (χ0) is 19.3. The molecule has 26 heavy (non-hydrogen) atoms. The van der Waals surface area contributed by atoms with Crippen LogP contribution in [0.5, 0.6) is 0 Å². The SMILES string of the molecule is CC(C)(C)OC(=O)N1CC2(CC(C(O)c3ccc(C(F)(F)F)nc3)C2)C1. The molecule has 1 aliphatic carbocycles. The Morgan fingerprint density at radius 3 is 2.38 bits per heavy atom. The number of carbonyl (C=O) groups excluding carboxylic acids is 1. The number of aromatic nitrogens is 1. The van der Waals surface area contributed by atoms with Crippen LogP contribution in [0.1, 0.15) is 51.0 Å². The molecule has 1 aromatic heterocycles. The zero-order valence-electron chi connectivity index (χ0n) is 15.0. The fourth-order valence-corrected chi connectivity index (χ4v) is 3.77. The number of amides is 1. The number of aliphatic hydroxyl groups is 1. The summed E-state index contributed by atoms with van der Waals surface area (Å²) in [5.41, 5.74) is -1.11. The molecule has 5 nitrogen and oxygen atoms in total. The molecule has 3 rings (SSSR count). The number of rotatable bonds is 2. The molecule has 1 saturated carbocycles. The predicted octanol–water partition coefficient (Wildman–Crippen LogP) is 3.78. The number of aliphatic hydroxyl groups excluding tert-OH is 1. The number of halogens is 3. The first-order valence-corrected chi connectivity index (χ1v) is 8.58. The van der Waals surface area contributed by atoms with E-state index in [0.29, 0.717) is 18.7 Å². The van der Waals surface area contributed by atoms with Crippen molar-refractivity contribution in [3.8, 4) is 0 Å². The van der Waals surface area contributed by atoms with Crippen molar-refractivity contribution in [1.82, 2.24) is 9.88 Å². The number of likely N-dealkylation sites (tertiary alicyclic amines) is 1. The first-order valence-electron chi connectivity index (χ1n) is 8.58. The molecule has 8 heteroatoms. The quantitative estimate of drug-likeness (QED) is 0.858. The summed E-state index contributed by atoms with van der Waals surface area (Å²) >= 11 is 0. The Bertz CT molecular complexity index is 668. The number of alkyl halides is 3. The molecular formula is C18H23F3N2O3. The van der Waals surface area contributed by atoms with Crippen molar-refractivity contribution in [3.63, 3.8) is 0 Å². The largest absolute Gasteiger partial charge is 0.444 e. The van der Waals surface area contributed by atoms with Gasteiger partial charge in [-0.15, -0.1) is 0 Å². The minimum absolute atomic E-state index is 0.00187. The molecule has 2 fully saturated rings. The number of nitrogens with zero attached hydrogens (tertiary/aromatic N) is 2. The third-order valence-electron chi connectivity index (χ3n) is 4.96. The fourth-order valence-electron chi connectivity index (χ4n) is 3.77. The van der Waals surface area contributed by atoms with Gasteiger partial charge >= 0.3 is 12.3 Å². The molecule has 1 aliphatic heterocycles. The van der Waals surface area contributed by atoms with Gasteiger partial charge in [0.25, 0.3) is 0 Å². The molecule has 1 spiro atoms. The second kappa shape index (κ2) is 6.11. The lowest BCUT2D eigenvalue weighted by molar-refractivity contribution is -0.141. The van der Waals surface area contributed by atoms with E-state index in [9.17, 15) is 23.1 Å². The van der Waals surface area contributed by atoms with E-state index in [2.05, 4.69) is 4.98 Å². The lowest BCUT2D eigenvalue weighted by Gasteiger charge is -2.59. The predicted molar refractivity (Wildman–Crippen MR) is 87.2 cm³/mol. The van der Waals surface area contributed by atoms with E-state index in [0.717, 1.165) is 25.1 Å². The van der Waals surface area contributed by atoms with E-state index in [1.54, 1.807) is 4.90 Å². The van der Waals surface area contributed by atoms with Crippen LogP contribution in [0.4, 0.5) is 18.0 Å². The maximum absolute atomic E-state index is 12.5. The van der Waals surface area contributed by atoms with Gasteiger partial charge in [-0.2, -0.15) is 13.2 Å². The van der Waals surface area contributed by atoms with Crippen LogP contribution in [0.25, 0.3) is 0 Å². The molecule has 0 radical (unpaired) electrons. The highest BCUT2D eigenvalue weighted by molar-refractivity contribution is 5.69. The van der Waals surface area contributed by atoms with E-state index >= 15 is 0 Å². The minimum Gasteiger partial charge on any atom is -0.444 e. The molecule has 1 N–H and O–H groups in total. The van der Waals surface area contributed by atoms with Crippen molar-refractivity contribution in [2.75, 3.05) is 13.1 Å². The average molecular weight is 372 g/mol. The number of ether oxygens (including phenoxy) is 1.